The van der Waals surface area contributed by atoms with Gasteiger partial charge in [-0.1, -0.05) is 13.0 Å². The van der Waals surface area contributed by atoms with E-state index < -0.39 is 5.60 Å². The molecular formula is C11H21NO2. The van der Waals surface area contributed by atoms with Gasteiger partial charge in [-0.2, -0.15) is 0 Å². The number of nitrogens with one attached hydrogen (secondary N) is 1. The third-order valence-corrected chi connectivity index (χ3v) is 1.66. The first-order chi connectivity index (χ1) is 6.39. The van der Waals surface area contributed by atoms with Crippen molar-refractivity contribution in [2.24, 2.45) is 0 Å². The maximum Gasteiger partial charge on any atom is 0.407 e. The summed E-state index contributed by atoms with van der Waals surface area (Å²) >= 11 is 0. The van der Waals surface area contributed by atoms with E-state index in [0.29, 0.717) is 0 Å². The summed E-state index contributed by atoms with van der Waals surface area (Å²) in [6.45, 7) is 11.2. The van der Waals surface area contributed by atoms with Gasteiger partial charge < -0.3 is 10.1 Å². The molecule has 0 spiro atoms. The number of rotatable bonds is 4. The quantitative estimate of drug-likeness (QED) is 0.707. The van der Waals surface area contributed by atoms with Crippen LogP contribution < -0.4 is 5.32 Å². The second-order valence-electron chi connectivity index (χ2n) is 4.28. The van der Waals surface area contributed by atoms with Crippen LogP contribution in [0.2, 0.25) is 0 Å². The standard InChI is InChI=1S/C11H21NO2/c1-6-8-9(7-2)12-10(13)14-11(3,4)5/h6,9H,1,7-8H2,2-5H3,(H,12,13). The SMILES string of the molecule is C=CCC(CC)NC(=O)OC(C)(C)C. The Balaban J connectivity index is 3.96. The lowest BCUT2D eigenvalue weighted by atomic mass is 10.1. The van der Waals surface area contributed by atoms with Crippen LogP contribution in [0.15, 0.2) is 12.7 Å². The second kappa shape index (κ2) is 5.68. The minimum absolute atomic E-state index is 0.127. The van der Waals surface area contributed by atoms with E-state index >= 15 is 0 Å². The highest BCUT2D eigenvalue weighted by atomic mass is 16.6. The van der Waals surface area contributed by atoms with Crippen LogP contribution in [0.25, 0.3) is 0 Å². The van der Waals surface area contributed by atoms with Crippen molar-refractivity contribution in [1.29, 1.82) is 0 Å². The molecule has 0 radical (unpaired) electrons. The number of hydrogen-bond donors (Lipinski definition) is 1. The fraction of sp³-hybridized carbons (Fsp3) is 0.727. The molecule has 1 N–H and O–H groups in total. The summed E-state index contributed by atoms with van der Waals surface area (Å²) in [5, 5.41) is 2.79. The van der Waals surface area contributed by atoms with Gasteiger partial charge in [-0.25, -0.2) is 4.79 Å². The molecule has 82 valence electrons. The summed E-state index contributed by atoms with van der Waals surface area (Å²) in [5.41, 5.74) is -0.434. The van der Waals surface area contributed by atoms with Crippen LogP contribution in [-0.2, 0) is 4.74 Å². The highest BCUT2D eigenvalue weighted by Gasteiger charge is 2.17. The monoisotopic (exact) mass is 199 g/mol. The highest BCUT2D eigenvalue weighted by Crippen LogP contribution is 2.07. The molecule has 1 unspecified atom stereocenters. The lowest BCUT2D eigenvalue weighted by molar-refractivity contribution is 0.0503. The molecule has 0 rings (SSSR count). The molecule has 14 heavy (non-hydrogen) atoms. The number of amides is 1. The molecule has 0 saturated heterocycles. The third kappa shape index (κ3) is 6.52. The van der Waals surface area contributed by atoms with Crippen LogP contribution in [0.3, 0.4) is 0 Å². The number of carbonyl (C=O) groups is 1. The van der Waals surface area contributed by atoms with Crippen molar-refractivity contribution >= 4 is 6.09 Å². The van der Waals surface area contributed by atoms with Gasteiger partial charge in [-0.05, 0) is 33.6 Å². The molecule has 3 heteroatoms. The van der Waals surface area contributed by atoms with Crippen LogP contribution in [0.5, 0.6) is 0 Å². The maximum atomic E-state index is 11.3. The summed E-state index contributed by atoms with van der Waals surface area (Å²) in [7, 11) is 0. The smallest absolute Gasteiger partial charge is 0.407 e. The lowest BCUT2D eigenvalue weighted by Gasteiger charge is -2.22. The Bertz CT molecular complexity index is 194. The van der Waals surface area contributed by atoms with Gasteiger partial charge in [0.05, 0.1) is 0 Å². The predicted octanol–water partition coefficient (Wildman–Crippen LogP) is 2.87. The van der Waals surface area contributed by atoms with Gasteiger partial charge in [0.2, 0.25) is 0 Å². The summed E-state index contributed by atoms with van der Waals surface area (Å²) in [6.07, 6.45) is 3.10. The van der Waals surface area contributed by atoms with E-state index in [1.165, 1.54) is 0 Å². The molecule has 0 fully saturated rings. The molecule has 1 amide bonds. The number of hydrogen-bond acceptors (Lipinski definition) is 2. The Labute approximate surface area is 86.5 Å². The Hall–Kier alpha value is -0.990. The Kier molecular flexibility index (Phi) is 5.28. The van der Waals surface area contributed by atoms with E-state index in [-0.39, 0.29) is 12.1 Å². The molecule has 0 aromatic carbocycles. The predicted molar refractivity (Wildman–Crippen MR) is 58.3 cm³/mol. The van der Waals surface area contributed by atoms with Crippen molar-refractivity contribution < 1.29 is 9.53 Å². The average Bonchev–Trinajstić information content (AvgIpc) is 2.00. The Morgan fingerprint density at radius 3 is 2.50 bits per heavy atom. The molecule has 1 atom stereocenters. The molecule has 0 aromatic rings. The highest BCUT2D eigenvalue weighted by molar-refractivity contribution is 5.68. The zero-order chi connectivity index (χ0) is 11.2. The first-order valence-corrected chi connectivity index (χ1v) is 4.99. The van der Waals surface area contributed by atoms with Gasteiger partial charge in [0, 0.05) is 6.04 Å². The van der Waals surface area contributed by atoms with Crippen LogP contribution in [-0.4, -0.2) is 17.7 Å². The van der Waals surface area contributed by atoms with Gasteiger partial charge >= 0.3 is 6.09 Å². The van der Waals surface area contributed by atoms with Crippen molar-refractivity contribution in [3.63, 3.8) is 0 Å². The Morgan fingerprint density at radius 1 is 1.57 bits per heavy atom. The molecule has 3 nitrogen and oxygen atoms in total. The molecule has 0 saturated carbocycles. The minimum Gasteiger partial charge on any atom is -0.444 e. The van der Waals surface area contributed by atoms with Gasteiger partial charge in [0.1, 0.15) is 5.60 Å². The van der Waals surface area contributed by atoms with Gasteiger partial charge in [-0.3, -0.25) is 0 Å². The van der Waals surface area contributed by atoms with Crippen LogP contribution in [0.1, 0.15) is 40.5 Å². The summed E-state index contributed by atoms with van der Waals surface area (Å²) in [5.74, 6) is 0. The van der Waals surface area contributed by atoms with E-state index in [1.54, 1.807) is 6.08 Å². The van der Waals surface area contributed by atoms with Crippen molar-refractivity contribution in [2.75, 3.05) is 0 Å². The van der Waals surface area contributed by atoms with E-state index in [1.807, 2.05) is 27.7 Å². The topological polar surface area (TPSA) is 38.3 Å². The van der Waals surface area contributed by atoms with Gasteiger partial charge in [0.25, 0.3) is 0 Å². The summed E-state index contributed by atoms with van der Waals surface area (Å²) in [6, 6.07) is 0.127. The number of alkyl carbamates (subject to hydrolysis) is 1. The molecule has 0 aromatic heterocycles. The van der Waals surface area contributed by atoms with E-state index in [9.17, 15) is 4.79 Å². The lowest BCUT2D eigenvalue weighted by Crippen LogP contribution is -2.38. The summed E-state index contributed by atoms with van der Waals surface area (Å²) in [4.78, 5) is 11.3. The normalized spacial score (nSPS) is 13.1. The van der Waals surface area contributed by atoms with Gasteiger partial charge in [0.15, 0.2) is 0 Å². The average molecular weight is 199 g/mol. The fourth-order valence-electron chi connectivity index (χ4n) is 1.00. The van der Waals surface area contributed by atoms with Crippen LogP contribution in [0.4, 0.5) is 4.79 Å². The van der Waals surface area contributed by atoms with Crippen molar-refractivity contribution in [3.8, 4) is 0 Å². The van der Waals surface area contributed by atoms with Crippen LogP contribution in [0, 0.1) is 0 Å². The molecule has 0 heterocycles. The molecule has 0 bridgehead atoms. The zero-order valence-electron chi connectivity index (χ0n) is 9.59. The van der Waals surface area contributed by atoms with Crippen molar-refractivity contribution in [2.45, 2.75) is 52.2 Å². The van der Waals surface area contributed by atoms with E-state index in [2.05, 4.69) is 11.9 Å². The van der Waals surface area contributed by atoms with Gasteiger partial charge in [-0.15, -0.1) is 6.58 Å². The van der Waals surface area contributed by atoms with Crippen molar-refractivity contribution in [1.82, 2.24) is 5.32 Å². The second-order valence-corrected chi connectivity index (χ2v) is 4.28. The largest absolute Gasteiger partial charge is 0.444 e. The molecular weight excluding hydrogens is 178 g/mol. The third-order valence-electron chi connectivity index (χ3n) is 1.66. The maximum absolute atomic E-state index is 11.3. The summed E-state index contributed by atoms with van der Waals surface area (Å²) < 4.78 is 5.13. The zero-order valence-corrected chi connectivity index (χ0v) is 9.59. The number of carbonyl (C=O) groups excluding carboxylic acids is 1. The molecule has 0 aliphatic rings. The van der Waals surface area contributed by atoms with Crippen LogP contribution >= 0.6 is 0 Å². The minimum atomic E-state index is -0.434. The first kappa shape index (κ1) is 13.0. The molecule has 0 aliphatic heterocycles. The van der Waals surface area contributed by atoms with E-state index in [4.69, 9.17) is 4.74 Å². The van der Waals surface area contributed by atoms with E-state index in [0.717, 1.165) is 12.8 Å². The Morgan fingerprint density at radius 2 is 2.14 bits per heavy atom. The van der Waals surface area contributed by atoms with Crippen molar-refractivity contribution in [3.05, 3.63) is 12.7 Å². The first-order valence-electron chi connectivity index (χ1n) is 4.99. The fourth-order valence-corrected chi connectivity index (χ4v) is 1.00. The molecule has 0 aliphatic carbocycles. The number of ether oxygens (including phenoxy) is 1.